The zero-order valence-electron chi connectivity index (χ0n) is 10.5. The minimum atomic E-state index is -0.747. The van der Waals surface area contributed by atoms with E-state index in [2.05, 4.69) is 15.9 Å². The molecule has 0 fully saturated rings. The third-order valence-corrected chi connectivity index (χ3v) is 2.77. The Hall–Kier alpha value is -1.36. The van der Waals surface area contributed by atoms with Crippen LogP contribution in [0, 0.1) is 6.92 Å². The van der Waals surface area contributed by atoms with Crippen LogP contribution in [0.25, 0.3) is 0 Å². The van der Waals surface area contributed by atoms with Crippen molar-refractivity contribution in [3.8, 4) is 5.75 Å². The molecule has 0 aliphatic rings. The topological polar surface area (TPSA) is 52.6 Å². The van der Waals surface area contributed by atoms with Gasteiger partial charge >= 0.3 is 5.97 Å². The lowest BCUT2D eigenvalue weighted by Gasteiger charge is -2.16. The fourth-order valence-corrected chi connectivity index (χ4v) is 2.08. The van der Waals surface area contributed by atoms with Crippen LogP contribution in [-0.2, 0) is 9.53 Å². The molecule has 0 bridgehead atoms. The number of halogens is 1. The van der Waals surface area contributed by atoms with Gasteiger partial charge in [0.25, 0.3) is 0 Å². The van der Waals surface area contributed by atoms with Crippen LogP contribution in [0.15, 0.2) is 16.6 Å². The molecule has 0 aliphatic carbocycles. The van der Waals surface area contributed by atoms with Crippen LogP contribution < -0.4 is 4.74 Å². The zero-order valence-corrected chi connectivity index (χ0v) is 12.1. The molecule has 1 aromatic carbocycles. The molecule has 0 saturated carbocycles. The minimum absolute atomic E-state index is 0.298. The van der Waals surface area contributed by atoms with Gasteiger partial charge in [-0.25, -0.2) is 4.79 Å². The average molecular weight is 315 g/mol. The lowest BCUT2D eigenvalue weighted by atomic mass is 10.1. The van der Waals surface area contributed by atoms with Crippen molar-refractivity contribution in [3.63, 3.8) is 0 Å². The number of hydrogen-bond acceptors (Lipinski definition) is 4. The summed E-state index contributed by atoms with van der Waals surface area (Å²) in [6.07, 6.45) is -0.0474. The second-order valence-electron chi connectivity index (χ2n) is 3.77. The lowest BCUT2D eigenvalue weighted by molar-refractivity contribution is -0.150. The van der Waals surface area contributed by atoms with E-state index in [0.717, 1.165) is 10.0 Å². The molecule has 0 N–H and O–H groups in total. The zero-order chi connectivity index (χ0) is 13.7. The predicted molar refractivity (Wildman–Crippen MR) is 71.0 cm³/mol. The maximum atomic E-state index is 11.5. The fourth-order valence-electron chi connectivity index (χ4n) is 1.49. The molecule has 1 unspecified atom stereocenters. The molecule has 5 heteroatoms. The largest absolute Gasteiger partial charge is 0.478 e. The summed E-state index contributed by atoms with van der Waals surface area (Å²) in [4.78, 5) is 22.5. The molecule has 1 rings (SSSR count). The SMILES string of the molecule is CCOC(=O)C(C)Oc1c(C)cc(Br)cc1C=O. The van der Waals surface area contributed by atoms with E-state index < -0.39 is 12.1 Å². The normalized spacial score (nSPS) is 11.8. The first kappa shape index (κ1) is 14.7. The smallest absolute Gasteiger partial charge is 0.347 e. The Morgan fingerprint density at radius 2 is 2.17 bits per heavy atom. The maximum Gasteiger partial charge on any atom is 0.347 e. The van der Waals surface area contributed by atoms with Gasteiger partial charge in [-0.1, -0.05) is 15.9 Å². The average Bonchev–Trinajstić information content (AvgIpc) is 2.32. The van der Waals surface area contributed by atoms with Gasteiger partial charge in [0.2, 0.25) is 0 Å². The van der Waals surface area contributed by atoms with Crippen LogP contribution in [0.4, 0.5) is 0 Å². The van der Waals surface area contributed by atoms with Crippen molar-refractivity contribution in [1.29, 1.82) is 0 Å². The summed E-state index contributed by atoms with van der Waals surface area (Å²) in [6, 6.07) is 3.47. The summed E-state index contributed by atoms with van der Waals surface area (Å²) in [7, 11) is 0. The van der Waals surface area contributed by atoms with Gasteiger partial charge in [0.15, 0.2) is 12.4 Å². The molecule has 1 aromatic rings. The molecular weight excluding hydrogens is 300 g/mol. The minimum Gasteiger partial charge on any atom is -0.478 e. The molecule has 0 aliphatic heterocycles. The number of benzene rings is 1. The van der Waals surface area contributed by atoms with E-state index in [-0.39, 0.29) is 0 Å². The molecule has 0 heterocycles. The fraction of sp³-hybridized carbons (Fsp3) is 0.385. The summed E-state index contributed by atoms with van der Waals surface area (Å²) in [6.45, 7) is 5.43. The highest BCUT2D eigenvalue weighted by Crippen LogP contribution is 2.27. The van der Waals surface area contributed by atoms with Crippen molar-refractivity contribution < 1.29 is 19.1 Å². The van der Waals surface area contributed by atoms with Gasteiger partial charge in [-0.05, 0) is 38.5 Å². The first-order valence-electron chi connectivity index (χ1n) is 5.58. The Morgan fingerprint density at radius 1 is 1.50 bits per heavy atom. The number of ether oxygens (including phenoxy) is 2. The van der Waals surface area contributed by atoms with E-state index >= 15 is 0 Å². The quantitative estimate of drug-likeness (QED) is 0.619. The van der Waals surface area contributed by atoms with Gasteiger partial charge in [-0.3, -0.25) is 4.79 Å². The van der Waals surface area contributed by atoms with Crippen molar-refractivity contribution in [1.82, 2.24) is 0 Å². The van der Waals surface area contributed by atoms with E-state index in [9.17, 15) is 9.59 Å². The Balaban J connectivity index is 2.96. The number of carbonyl (C=O) groups excluding carboxylic acids is 2. The van der Waals surface area contributed by atoms with Gasteiger partial charge in [0, 0.05) is 4.47 Å². The highest BCUT2D eigenvalue weighted by molar-refractivity contribution is 9.10. The van der Waals surface area contributed by atoms with Crippen LogP contribution in [0.3, 0.4) is 0 Å². The highest BCUT2D eigenvalue weighted by atomic mass is 79.9. The second-order valence-corrected chi connectivity index (χ2v) is 4.69. The Kier molecular flexibility index (Phi) is 5.34. The third kappa shape index (κ3) is 3.57. The summed E-state index contributed by atoms with van der Waals surface area (Å²) < 4.78 is 11.2. The van der Waals surface area contributed by atoms with Crippen LogP contribution in [0.1, 0.15) is 29.8 Å². The van der Waals surface area contributed by atoms with Crippen molar-refractivity contribution >= 4 is 28.2 Å². The molecule has 0 spiro atoms. The van der Waals surface area contributed by atoms with Gasteiger partial charge < -0.3 is 9.47 Å². The second kappa shape index (κ2) is 6.54. The summed E-state index contributed by atoms with van der Waals surface area (Å²) in [5, 5.41) is 0. The molecule has 98 valence electrons. The van der Waals surface area contributed by atoms with Gasteiger partial charge in [-0.15, -0.1) is 0 Å². The summed E-state index contributed by atoms with van der Waals surface area (Å²) in [5.74, 6) is -0.0366. The standard InChI is InChI=1S/C13H15BrO4/c1-4-17-13(16)9(3)18-12-8(2)5-11(14)6-10(12)7-15/h5-7,9H,4H2,1-3H3. The molecule has 0 saturated heterocycles. The van der Waals surface area contributed by atoms with E-state index in [1.807, 2.05) is 13.0 Å². The Bertz CT molecular complexity index is 457. The van der Waals surface area contributed by atoms with Crippen LogP contribution in [0.2, 0.25) is 0 Å². The van der Waals surface area contributed by atoms with Crippen LogP contribution in [0.5, 0.6) is 5.75 Å². The van der Waals surface area contributed by atoms with E-state index in [1.54, 1.807) is 19.9 Å². The molecule has 18 heavy (non-hydrogen) atoms. The number of esters is 1. The first-order chi connectivity index (χ1) is 8.49. The van der Waals surface area contributed by atoms with Crippen molar-refractivity contribution in [3.05, 3.63) is 27.7 Å². The number of aryl methyl sites for hydroxylation is 1. The molecule has 0 aromatic heterocycles. The number of hydrogen-bond donors (Lipinski definition) is 0. The first-order valence-corrected chi connectivity index (χ1v) is 6.37. The van der Waals surface area contributed by atoms with Gasteiger partial charge in [-0.2, -0.15) is 0 Å². The number of rotatable bonds is 5. The number of carbonyl (C=O) groups is 2. The summed E-state index contributed by atoms with van der Waals surface area (Å²) in [5.41, 5.74) is 1.18. The summed E-state index contributed by atoms with van der Waals surface area (Å²) >= 11 is 3.30. The predicted octanol–water partition coefficient (Wildman–Crippen LogP) is 2.90. The van der Waals surface area contributed by atoms with E-state index in [1.165, 1.54) is 0 Å². The van der Waals surface area contributed by atoms with Crippen molar-refractivity contribution in [2.45, 2.75) is 26.9 Å². The lowest BCUT2D eigenvalue weighted by Crippen LogP contribution is -2.26. The molecule has 0 radical (unpaired) electrons. The Labute approximate surface area is 114 Å². The molecule has 0 amide bonds. The molecular formula is C13H15BrO4. The van der Waals surface area contributed by atoms with Crippen molar-refractivity contribution in [2.75, 3.05) is 6.61 Å². The van der Waals surface area contributed by atoms with Gasteiger partial charge in [0.1, 0.15) is 5.75 Å². The molecule has 4 nitrogen and oxygen atoms in total. The third-order valence-electron chi connectivity index (χ3n) is 2.31. The Morgan fingerprint density at radius 3 is 2.72 bits per heavy atom. The molecule has 1 atom stereocenters. The number of aldehydes is 1. The van der Waals surface area contributed by atoms with Gasteiger partial charge in [0.05, 0.1) is 12.2 Å². The maximum absolute atomic E-state index is 11.5. The monoisotopic (exact) mass is 314 g/mol. The van der Waals surface area contributed by atoms with Crippen molar-refractivity contribution in [2.24, 2.45) is 0 Å². The highest BCUT2D eigenvalue weighted by Gasteiger charge is 2.19. The van der Waals surface area contributed by atoms with Crippen LogP contribution >= 0.6 is 15.9 Å². The van der Waals surface area contributed by atoms with Crippen LogP contribution in [-0.4, -0.2) is 25.0 Å². The van der Waals surface area contributed by atoms with E-state index in [4.69, 9.17) is 9.47 Å². The van der Waals surface area contributed by atoms with E-state index in [0.29, 0.717) is 24.2 Å².